The maximum atomic E-state index is 5.26. The molecule has 64 valence electrons. The minimum atomic E-state index is -1.14. The van der Waals surface area contributed by atoms with Crippen molar-refractivity contribution in [3.8, 4) is 0 Å². The predicted octanol–water partition coefficient (Wildman–Crippen LogP) is 3.30. The van der Waals surface area contributed by atoms with E-state index in [4.69, 9.17) is 4.74 Å². The van der Waals surface area contributed by atoms with Crippen LogP contribution in [-0.4, -0.2) is 14.7 Å². The third-order valence-corrected chi connectivity index (χ3v) is 2.89. The van der Waals surface area contributed by atoms with Crippen molar-refractivity contribution in [2.24, 2.45) is 0 Å². The number of ether oxygens (including phenoxy) is 1. The van der Waals surface area contributed by atoms with Crippen molar-refractivity contribution < 1.29 is 4.74 Å². The molecule has 0 radical (unpaired) electrons. The van der Waals surface area contributed by atoms with E-state index in [1.165, 1.54) is 0 Å². The molecule has 0 aliphatic carbocycles. The van der Waals surface area contributed by atoms with Gasteiger partial charge in [0.15, 0.2) is 4.67 Å². The predicted molar refractivity (Wildman–Crippen MR) is 56.5 cm³/mol. The van der Waals surface area contributed by atoms with E-state index < -0.39 is 8.07 Å². The van der Waals surface area contributed by atoms with Crippen LogP contribution < -0.4 is 0 Å². The highest BCUT2D eigenvalue weighted by molar-refractivity contribution is 9.11. The van der Waals surface area contributed by atoms with Crippen molar-refractivity contribution in [2.45, 2.75) is 19.6 Å². The first-order chi connectivity index (χ1) is 4.95. The monoisotopic (exact) mass is 234 g/mol. The van der Waals surface area contributed by atoms with Gasteiger partial charge in [-0.25, -0.2) is 0 Å². The Bertz CT molecular complexity index is 158. The maximum absolute atomic E-state index is 5.26. The molecule has 0 aromatic carbocycles. The zero-order chi connectivity index (χ0) is 8.91. The van der Waals surface area contributed by atoms with Gasteiger partial charge in [0.1, 0.15) is 6.61 Å². The summed E-state index contributed by atoms with van der Waals surface area (Å²) in [5.41, 5.74) is 2.16. The van der Waals surface area contributed by atoms with E-state index in [2.05, 4.69) is 47.8 Å². The van der Waals surface area contributed by atoms with Gasteiger partial charge in [-0.1, -0.05) is 32.3 Å². The molecule has 0 aromatic heterocycles. The average Bonchev–Trinajstić information content (AvgIpc) is 1.79. The minimum absolute atomic E-state index is 0.571. The summed E-state index contributed by atoms with van der Waals surface area (Å²) in [4.78, 5) is 0. The van der Waals surface area contributed by atoms with Crippen LogP contribution >= 0.6 is 15.9 Å². The second-order valence-electron chi connectivity index (χ2n) is 3.41. The summed E-state index contributed by atoms with van der Waals surface area (Å²) in [6, 6.07) is 0. The van der Waals surface area contributed by atoms with Crippen LogP contribution in [0.25, 0.3) is 0 Å². The molecular formula is C8H15BrOSi. The fraction of sp³-hybridized carbons (Fsp3) is 0.500. The summed E-state index contributed by atoms with van der Waals surface area (Å²) in [5.74, 6) is 0. The van der Waals surface area contributed by atoms with Crippen molar-refractivity contribution >= 4 is 24.0 Å². The molecule has 1 nitrogen and oxygen atoms in total. The number of hydrogen-bond acceptors (Lipinski definition) is 1. The summed E-state index contributed by atoms with van der Waals surface area (Å²) in [5, 5.41) is 0. The molecule has 0 aromatic rings. The van der Waals surface area contributed by atoms with Gasteiger partial charge in [0.2, 0.25) is 0 Å². The van der Waals surface area contributed by atoms with Crippen LogP contribution in [0, 0.1) is 0 Å². The SMILES string of the molecule is C=CCO/C(Br)=C\[Si](C)(C)C. The van der Waals surface area contributed by atoms with Crippen molar-refractivity contribution in [3.05, 3.63) is 23.0 Å². The second-order valence-corrected chi connectivity index (χ2v) is 9.22. The molecule has 0 aliphatic heterocycles. The third-order valence-electron chi connectivity index (χ3n) is 0.886. The average molecular weight is 235 g/mol. The zero-order valence-corrected chi connectivity index (χ0v) is 9.94. The summed E-state index contributed by atoms with van der Waals surface area (Å²) < 4.78 is 6.11. The molecule has 0 N–H and O–H groups in total. The summed E-state index contributed by atoms with van der Waals surface area (Å²) in [7, 11) is -1.14. The van der Waals surface area contributed by atoms with Crippen LogP contribution in [0.3, 0.4) is 0 Å². The van der Waals surface area contributed by atoms with Gasteiger partial charge in [-0.2, -0.15) is 0 Å². The van der Waals surface area contributed by atoms with E-state index in [-0.39, 0.29) is 0 Å². The Hall–Kier alpha value is -0.0231. The first-order valence-electron chi connectivity index (χ1n) is 3.58. The van der Waals surface area contributed by atoms with E-state index in [1.54, 1.807) is 6.08 Å². The van der Waals surface area contributed by atoms with Gasteiger partial charge < -0.3 is 4.74 Å². The Morgan fingerprint density at radius 1 is 1.55 bits per heavy atom. The first kappa shape index (κ1) is 11.0. The van der Waals surface area contributed by atoms with Crippen LogP contribution in [0.5, 0.6) is 0 Å². The fourth-order valence-corrected chi connectivity index (χ4v) is 3.48. The van der Waals surface area contributed by atoms with Crippen LogP contribution in [0.2, 0.25) is 19.6 Å². The van der Waals surface area contributed by atoms with E-state index in [0.29, 0.717) is 6.61 Å². The lowest BCUT2D eigenvalue weighted by atomic mass is 10.7. The van der Waals surface area contributed by atoms with E-state index in [0.717, 1.165) is 4.67 Å². The molecule has 11 heavy (non-hydrogen) atoms. The Morgan fingerprint density at radius 2 is 2.09 bits per heavy atom. The first-order valence-corrected chi connectivity index (χ1v) is 7.95. The lowest BCUT2D eigenvalue weighted by Gasteiger charge is -2.10. The van der Waals surface area contributed by atoms with Crippen LogP contribution in [0.15, 0.2) is 23.0 Å². The molecule has 0 saturated heterocycles. The van der Waals surface area contributed by atoms with Gasteiger partial charge in [-0.15, -0.1) is 0 Å². The van der Waals surface area contributed by atoms with Gasteiger partial charge in [0.25, 0.3) is 0 Å². The summed E-state index contributed by atoms with van der Waals surface area (Å²) in [6.45, 7) is 10.9. The van der Waals surface area contributed by atoms with Crippen LogP contribution in [0.4, 0.5) is 0 Å². The molecular weight excluding hydrogens is 220 g/mol. The van der Waals surface area contributed by atoms with Gasteiger partial charge in [-0.3, -0.25) is 0 Å². The molecule has 0 unspecified atom stereocenters. The summed E-state index contributed by atoms with van der Waals surface area (Å²) >= 11 is 3.34. The Morgan fingerprint density at radius 3 is 2.45 bits per heavy atom. The third kappa shape index (κ3) is 7.88. The Kier molecular flexibility index (Phi) is 4.76. The van der Waals surface area contributed by atoms with E-state index in [1.807, 2.05) is 0 Å². The molecule has 0 atom stereocenters. The molecule has 0 amide bonds. The van der Waals surface area contributed by atoms with Crippen LogP contribution in [-0.2, 0) is 4.74 Å². The standard InChI is InChI=1S/C8H15BrOSi/c1-5-6-10-8(9)7-11(2,3)4/h5,7H,1,6H2,2-4H3/b8-7-. The van der Waals surface area contributed by atoms with Gasteiger partial charge >= 0.3 is 0 Å². The van der Waals surface area contributed by atoms with Crippen molar-refractivity contribution in [1.29, 1.82) is 0 Å². The molecule has 0 aliphatic rings. The molecule has 0 rings (SSSR count). The summed E-state index contributed by atoms with van der Waals surface area (Å²) in [6.07, 6.45) is 1.74. The number of hydrogen-bond donors (Lipinski definition) is 0. The molecule has 3 heteroatoms. The molecule has 0 bridgehead atoms. The van der Waals surface area contributed by atoms with E-state index >= 15 is 0 Å². The lowest BCUT2D eigenvalue weighted by molar-refractivity contribution is 0.281. The topological polar surface area (TPSA) is 9.23 Å². The normalized spacial score (nSPS) is 12.9. The fourth-order valence-electron chi connectivity index (χ4n) is 0.521. The molecule has 0 fully saturated rings. The number of halogens is 1. The highest BCUT2D eigenvalue weighted by Gasteiger charge is 2.09. The smallest absolute Gasteiger partial charge is 0.154 e. The van der Waals surface area contributed by atoms with Gasteiger partial charge in [0, 0.05) is 0 Å². The highest BCUT2D eigenvalue weighted by atomic mass is 79.9. The quantitative estimate of drug-likeness (QED) is 0.412. The Balaban J connectivity index is 3.90. The second kappa shape index (κ2) is 4.77. The molecule has 0 saturated carbocycles. The van der Waals surface area contributed by atoms with Crippen LogP contribution in [0.1, 0.15) is 0 Å². The lowest BCUT2D eigenvalue weighted by Crippen LogP contribution is -2.16. The van der Waals surface area contributed by atoms with Crippen molar-refractivity contribution in [2.75, 3.05) is 6.61 Å². The zero-order valence-electron chi connectivity index (χ0n) is 7.36. The van der Waals surface area contributed by atoms with Crippen molar-refractivity contribution in [3.63, 3.8) is 0 Å². The van der Waals surface area contributed by atoms with Gasteiger partial charge in [0.05, 0.1) is 8.07 Å². The minimum Gasteiger partial charge on any atom is -0.484 e. The molecule has 0 spiro atoms. The Labute approximate surface area is 78.3 Å². The largest absolute Gasteiger partial charge is 0.484 e. The van der Waals surface area contributed by atoms with Crippen molar-refractivity contribution in [1.82, 2.24) is 0 Å². The molecule has 0 heterocycles. The van der Waals surface area contributed by atoms with E-state index in [9.17, 15) is 0 Å². The van der Waals surface area contributed by atoms with Gasteiger partial charge in [-0.05, 0) is 21.6 Å². The highest BCUT2D eigenvalue weighted by Crippen LogP contribution is 2.13. The number of rotatable bonds is 4. The maximum Gasteiger partial charge on any atom is 0.154 e.